The van der Waals surface area contributed by atoms with E-state index in [1.807, 2.05) is 0 Å². The van der Waals surface area contributed by atoms with Crippen molar-refractivity contribution in [2.24, 2.45) is 0 Å². The van der Waals surface area contributed by atoms with Gasteiger partial charge in [0, 0.05) is 5.69 Å². The van der Waals surface area contributed by atoms with Crippen molar-refractivity contribution in [2.75, 3.05) is 11.9 Å². The molecule has 0 fully saturated rings. The molecule has 5 nitrogen and oxygen atoms in total. The molecule has 0 unspecified atom stereocenters. The van der Waals surface area contributed by atoms with E-state index in [9.17, 15) is 9.18 Å². The summed E-state index contributed by atoms with van der Waals surface area (Å²) < 4.78 is 18.7. The highest BCUT2D eigenvalue weighted by atomic mass is 19.1. The standard InChI is InChI=1S/C15H13FN2O3/c1-9-14(10(2)21-18-9)15(20)17-12-6-5-11(4-3-7-19)13(16)8-12/h5-6,8,19H,7H2,1-2H3,(H,17,20). The molecule has 21 heavy (non-hydrogen) atoms. The van der Waals surface area contributed by atoms with Gasteiger partial charge in [-0.3, -0.25) is 4.79 Å². The number of halogens is 1. The number of aliphatic hydroxyl groups is 1. The van der Waals surface area contributed by atoms with Crippen LogP contribution < -0.4 is 5.32 Å². The van der Waals surface area contributed by atoms with Crippen LogP contribution in [0.2, 0.25) is 0 Å². The first-order valence-corrected chi connectivity index (χ1v) is 6.16. The van der Waals surface area contributed by atoms with Crippen molar-refractivity contribution in [1.29, 1.82) is 0 Å². The Morgan fingerprint density at radius 3 is 2.81 bits per heavy atom. The van der Waals surface area contributed by atoms with E-state index in [2.05, 4.69) is 22.3 Å². The number of amides is 1. The average Bonchev–Trinajstić information content (AvgIpc) is 2.77. The second-order valence-electron chi connectivity index (χ2n) is 4.31. The fraction of sp³-hybridized carbons (Fsp3) is 0.200. The van der Waals surface area contributed by atoms with Crippen LogP contribution in [0.25, 0.3) is 0 Å². The number of aliphatic hydroxyl groups excluding tert-OH is 1. The maximum Gasteiger partial charge on any atom is 0.261 e. The van der Waals surface area contributed by atoms with E-state index >= 15 is 0 Å². The molecule has 1 aromatic carbocycles. The van der Waals surface area contributed by atoms with Crippen molar-refractivity contribution < 1.29 is 18.8 Å². The molecule has 6 heteroatoms. The SMILES string of the molecule is Cc1noc(C)c1C(=O)Nc1ccc(C#CCO)c(F)c1. The number of nitrogens with zero attached hydrogens (tertiary/aromatic N) is 1. The zero-order valence-corrected chi connectivity index (χ0v) is 11.5. The number of benzene rings is 1. The molecular weight excluding hydrogens is 275 g/mol. The van der Waals surface area contributed by atoms with E-state index < -0.39 is 11.7 Å². The Morgan fingerprint density at radius 1 is 1.48 bits per heavy atom. The van der Waals surface area contributed by atoms with Crippen LogP contribution in [-0.4, -0.2) is 22.8 Å². The summed E-state index contributed by atoms with van der Waals surface area (Å²) >= 11 is 0. The van der Waals surface area contributed by atoms with Crippen molar-refractivity contribution in [3.63, 3.8) is 0 Å². The van der Waals surface area contributed by atoms with Crippen molar-refractivity contribution in [2.45, 2.75) is 13.8 Å². The third-order valence-electron chi connectivity index (χ3n) is 2.79. The van der Waals surface area contributed by atoms with E-state index in [1.165, 1.54) is 12.1 Å². The number of carbonyl (C=O) groups is 1. The molecule has 108 valence electrons. The van der Waals surface area contributed by atoms with Gasteiger partial charge in [-0.25, -0.2) is 4.39 Å². The second kappa shape index (κ2) is 6.20. The summed E-state index contributed by atoms with van der Waals surface area (Å²) in [6.45, 7) is 2.94. The minimum absolute atomic E-state index is 0.152. The lowest BCUT2D eigenvalue weighted by Gasteiger charge is -2.05. The van der Waals surface area contributed by atoms with Crippen molar-refractivity contribution >= 4 is 11.6 Å². The zero-order valence-electron chi connectivity index (χ0n) is 11.5. The Bertz CT molecular complexity index is 722. The molecule has 2 N–H and O–H groups in total. The number of hydrogen-bond donors (Lipinski definition) is 2. The highest BCUT2D eigenvalue weighted by molar-refractivity contribution is 6.05. The average molecular weight is 288 g/mol. The van der Waals surface area contributed by atoms with Crippen molar-refractivity contribution in [1.82, 2.24) is 5.16 Å². The van der Waals surface area contributed by atoms with Gasteiger partial charge in [-0.15, -0.1) is 0 Å². The summed E-state index contributed by atoms with van der Waals surface area (Å²) in [6, 6.07) is 4.12. The summed E-state index contributed by atoms with van der Waals surface area (Å²) in [6.07, 6.45) is 0. The van der Waals surface area contributed by atoms with E-state index in [0.717, 1.165) is 6.07 Å². The van der Waals surface area contributed by atoms with Gasteiger partial charge in [-0.05, 0) is 32.0 Å². The first-order valence-electron chi connectivity index (χ1n) is 6.16. The molecule has 0 atom stereocenters. The van der Waals surface area contributed by atoms with Gasteiger partial charge >= 0.3 is 0 Å². The quantitative estimate of drug-likeness (QED) is 0.829. The van der Waals surface area contributed by atoms with Gasteiger partial charge in [0.25, 0.3) is 5.91 Å². The predicted molar refractivity (Wildman–Crippen MR) is 74.3 cm³/mol. The van der Waals surface area contributed by atoms with Crippen molar-refractivity contribution in [3.05, 3.63) is 46.6 Å². The highest BCUT2D eigenvalue weighted by Gasteiger charge is 2.17. The number of aryl methyl sites for hydroxylation is 2. The van der Waals surface area contributed by atoms with Crippen LogP contribution in [0.4, 0.5) is 10.1 Å². The molecule has 0 aliphatic carbocycles. The first kappa shape index (κ1) is 14.8. The molecule has 0 spiro atoms. The van der Waals surface area contributed by atoms with Gasteiger partial charge in [0.15, 0.2) is 0 Å². The largest absolute Gasteiger partial charge is 0.384 e. The van der Waals surface area contributed by atoms with E-state index in [4.69, 9.17) is 9.63 Å². The maximum absolute atomic E-state index is 13.8. The van der Waals surface area contributed by atoms with Gasteiger partial charge in [0.1, 0.15) is 23.7 Å². The number of hydrogen-bond acceptors (Lipinski definition) is 4. The Kier molecular flexibility index (Phi) is 4.36. The van der Waals surface area contributed by atoms with Crippen LogP contribution in [0.3, 0.4) is 0 Å². The topological polar surface area (TPSA) is 75.4 Å². The first-order chi connectivity index (χ1) is 10.0. The van der Waals surface area contributed by atoms with Crippen LogP contribution in [-0.2, 0) is 0 Å². The molecule has 2 rings (SSSR count). The van der Waals surface area contributed by atoms with Gasteiger partial charge in [-0.2, -0.15) is 0 Å². The second-order valence-corrected chi connectivity index (χ2v) is 4.31. The fourth-order valence-corrected chi connectivity index (χ4v) is 1.83. The molecule has 0 aliphatic heterocycles. The Labute approximate surface area is 120 Å². The number of nitrogens with one attached hydrogen (secondary N) is 1. The molecule has 1 heterocycles. The lowest BCUT2D eigenvalue weighted by molar-refractivity contribution is 0.102. The monoisotopic (exact) mass is 288 g/mol. The lowest BCUT2D eigenvalue weighted by Crippen LogP contribution is -2.13. The molecule has 0 radical (unpaired) electrons. The summed E-state index contributed by atoms with van der Waals surface area (Å²) in [5, 5.41) is 14.8. The summed E-state index contributed by atoms with van der Waals surface area (Å²) in [7, 11) is 0. The smallest absolute Gasteiger partial charge is 0.261 e. The molecule has 1 amide bonds. The normalized spacial score (nSPS) is 9.90. The van der Waals surface area contributed by atoms with Crippen LogP contribution >= 0.6 is 0 Å². The van der Waals surface area contributed by atoms with E-state index in [1.54, 1.807) is 13.8 Å². The summed E-state index contributed by atoms with van der Waals surface area (Å²) in [5.74, 6) is 4.24. The van der Waals surface area contributed by atoms with Gasteiger partial charge < -0.3 is 14.9 Å². The molecule has 0 saturated carbocycles. The third kappa shape index (κ3) is 3.27. The highest BCUT2D eigenvalue weighted by Crippen LogP contribution is 2.17. The summed E-state index contributed by atoms with van der Waals surface area (Å²) in [5.41, 5.74) is 1.25. The van der Waals surface area contributed by atoms with Crippen LogP contribution in [0.15, 0.2) is 22.7 Å². The number of anilines is 1. The summed E-state index contributed by atoms with van der Waals surface area (Å²) in [4.78, 5) is 12.1. The minimum Gasteiger partial charge on any atom is -0.384 e. The molecule has 0 aliphatic rings. The molecule has 0 bridgehead atoms. The van der Waals surface area contributed by atoms with Crippen LogP contribution in [0, 0.1) is 31.5 Å². The Morgan fingerprint density at radius 2 is 2.24 bits per heavy atom. The number of aromatic nitrogens is 1. The predicted octanol–water partition coefficient (Wildman–Crippen LogP) is 2.03. The van der Waals surface area contributed by atoms with E-state index in [-0.39, 0.29) is 12.2 Å². The van der Waals surface area contributed by atoms with E-state index in [0.29, 0.717) is 22.7 Å². The van der Waals surface area contributed by atoms with Gasteiger partial charge in [0.2, 0.25) is 0 Å². The zero-order chi connectivity index (χ0) is 15.4. The lowest BCUT2D eigenvalue weighted by atomic mass is 10.1. The van der Waals surface area contributed by atoms with Crippen LogP contribution in [0.5, 0.6) is 0 Å². The maximum atomic E-state index is 13.8. The fourth-order valence-electron chi connectivity index (χ4n) is 1.83. The number of carbonyl (C=O) groups excluding carboxylic acids is 1. The van der Waals surface area contributed by atoms with Crippen LogP contribution in [0.1, 0.15) is 27.4 Å². The van der Waals surface area contributed by atoms with Gasteiger partial charge in [0.05, 0.1) is 11.3 Å². The Balaban J connectivity index is 2.21. The molecule has 1 aromatic heterocycles. The molecule has 2 aromatic rings. The van der Waals surface area contributed by atoms with Gasteiger partial charge in [-0.1, -0.05) is 17.0 Å². The van der Waals surface area contributed by atoms with Crippen molar-refractivity contribution in [3.8, 4) is 11.8 Å². The molecule has 0 saturated heterocycles. The third-order valence-corrected chi connectivity index (χ3v) is 2.79. The number of rotatable bonds is 2. The molecular formula is C15H13FN2O3. The minimum atomic E-state index is -0.576. The Hall–Kier alpha value is -2.65.